The van der Waals surface area contributed by atoms with E-state index in [1.54, 1.807) is 24.4 Å². The van der Waals surface area contributed by atoms with E-state index in [9.17, 15) is 13.6 Å². The van der Waals surface area contributed by atoms with Gasteiger partial charge in [-0.15, -0.1) is 0 Å². The fourth-order valence-corrected chi connectivity index (χ4v) is 2.10. The Kier molecular flexibility index (Phi) is 4.10. The molecular weight excluding hydrogens is 298 g/mol. The molecule has 3 aromatic rings. The van der Waals surface area contributed by atoms with Gasteiger partial charge in [-0.25, -0.2) is 8.78 Å². The third-order valence-electron chi connectivity index (χ3n) is 3.28. The average Bonchev–Trinajstić information content (AvgIpc) is 2.58. The van der Waals surface area contributed by atoms with Gasteiger partial charge < -0.3 is 5.32 Å². The largest absolute Gasteiger partial charge is 0.322 e. The summed E-state index contributed by atoms with van der Waals surface area (Å²) in [5.41, 5.74) is 2.31. The van der Waals surface area contributed by atoms with Gasteiger partial charge in [0.1, 0.15) is 11.6 Å². The number of nitrogens with one attached hydrogen (secondary N) is 1. The maximum absolute atomic E-state index is 13.0. The third kappa shape index (κ3) is 3.58. The van der Waals surface area contributed by atoms with Gasteiger partial charge >= 0.3 is 0 Å². The Balaban J connectivity index is 1.82. The molecule has 1 heterocycles. The summed E-state index contributed by atoms with van der Waals surface area (Å²) in [5, 5.41) is 2.67. The van der Waals surface area contributed by atoms with Crippen molar-refractivity contribution in [3.63, 3.8) is 0 Å². The van der Waals surface area contributed by atoms with Crippen LogP contribution in [0.2, 0.25) is 0 Å². The Morgan fingerprint density at radius 2 is 1.43 bits per heavy atom. The first kappa shape index (κ1) is 14.8. The molecule has 0 atom stereocenters. The van der Waals surface area contributed by atoms with Crippen LogP contribution in [0.1, 0.15) is 10.4 Å². The van der Waals surface area contributed by atoms with Crippen molar-refractivity contribution in [3.8, 4) is 11.1 Å². The number of hydrogen-bond donors (Lipinski definition) is 1. The summed E-state index contributed by atoms with van der Waals surface area (Å²) in [6.45, 7) is 0. The number of halogens is 2. The molecule has 3 nitrogen and oxygen atoms in total. The van der Waals surface area contributed by atoms with Crippen molar-refractivity contribution in [2.45, 2.75) is 0 Å². The first-order valence-electron chi connectivity index (χ1n) is 6.90. The van der Waals surface area contributed by atoms with E-state index in [1.807, 2.05) is 0 Å². The molecule has 0 saturated carbocycles. The molecular formula is C18H12F2N2O. The van der Waals surface area contributed by atoms with Gasteiger partial charge in [0.05, 0.1) is 5.56 Å². The lowest BCUT2D eigenvalue weighted by Crippen LogP contribution is -2.12. The van der Waals surface area contributed by atoms with E-state index < -0.39 is 0 Å². The van der Waals surface area contributed by atoms with Crippen LogP contribution in [0.25, 0.3) is 11.1 Å². The zero-order valence-corrected chi connectivity index (χ0v) is 12.0. The zero-order valence-electron chi connectivity index (χ0n) is 12.0. The quantitative estimate of drug-likeness (QED) is 0.784. The van der Waals surface area contributed by atoms with Crippen LogP contribution in [-0.2, 0) is 0 Å². The molecule has 0 unspecified atom stereocenters. The third-order valence-corrected chi connectivity index (χ3v) is 3.28. The first-order valence-corrected chi connectivity index (χ1v) is 6.90. The molecule has 3 rings (SSSR count). The molecule has 0 fully saturated rings. The Labute approximate surface area is 131 Å². The van der Waals surface area contributed by atoms with Crippen molar-refractivity contribution in [2.24, 2.45) is 0 Å². The van der Waals surface area contributed by atoms with Gasteiger partial charge in [-0.2, -0.15) is 0 Å². The highest BCUT2D eigenvalue weighted by atomic mass is 19.1. The fourth-order valence-electron chi connectivity index (χ4n) is 2.10. The second-order valence-electron chi connectivity index (χ2n) is 4.93. The van der Waals surface area contributed by atoms with Crippen LogP contribution in [-0.4, -0.2) is 10.9 Å². The van der Waals surface area contributed by atoms with E-state index in [4.69, 9.17) is 0 Å². The molecule has 0 aliphatic carbocycles. The molecule has 23 heavy (non-hydrogen) atoms. The SMILES string of the molecule is O=C(Nc1ccc(F)cc1)c1cncc(-c2ccc(F)cc2)c1. The number of pyridine rings is 1. The molecule has 2 aromatic carbocycles. The number of amides is 1. The fraction of sp³-hybridized carbons (Fsp3) is 0. The second-order valence-corrected chi connectivity index (χ2v) is 4.93. The summed E-state index contributed by atoms with van der Waals surface area (Å²) in [4.78, 5) is 16.3. The van der Waals surface area contributed by atoms with Gasteiger partial charge in [-0.3, -0.25) is 9.78 Å². The molecule has 0 bridgehead atoms. The second kappa shape index (κ2) is 6.36. The van der Waals surface area contributed by atoms with Gasteiger partial charge in [-0.05, 0) is 48.0 Å². The van der Waals surface area contributed by atoms with Crippen LogP contribution in [0.5, 0.6) is 0 Å². The minimum absolute atomic E-state index is 0.327. The number of carbonyl (C=O) groups is 1. The summed E-state index contributed by atoms with van der Waals surface area (Å²) < 4.78 is 25.8. The Morgan fingerprint density at radius 1 is 0.826 bits per heavy atom. The van der Waals surface area contributed by atoms with Crippen molar-refractivity contribution < 1.29 is 13.6 Å². The molecule has 1 N–H and O–H groups in total. The molecule has 0 spiro atoms. The van der Waals surface area contributed by atoms with Crippen LogP contribution in [0.4, 0.5) is 14.5 Å². The summed E-state index contributed by atoms with van der Waals surface area (Å²) >= 11 is 0. The van der Waals surface area contributed by atoms with Gasteiger partial charge in [0, 0.05) is 23.6 Å². The van der Waals surface area contributed by atoms with Crippen LogP contribution in [0.3, 0.4) is 0 Å². The topological polar surface area (TPSA) is 42.0 Å². The highest BCUT2D eigenvalue weighted by molar-refractivity contribution is 6.04. The summed E-state index contributed by atoms with van der Waals surface area (Å²) in [5.74, 6) is -1.05. The molecule has 0 saturated heterocycles. The first-order chi connectivity index (χ1) is 11.1. The predicted molar refractivity (Wildman–Crippen MR) is 84.0 cm³/mol. The Hall–Kier alpha value is -3.08. The van der Waals surface area contributed by atoms with Crippen molar-refractivity contribution in [3.05, 3.63) is 84.2 Å². The van der Waals surface area contributed by atoms with Gasteiger partial charge in [0.25, 0.3) is 5.91 Å². The normalized spacial score (nSPS) is 10.3. The number of nitrogens with zero attached hydrogens (tertiary/aromatic N) is 1. The molecule has 5 heteroatoms. The summed E-state index contributed by atoms with van der Waals surface area (Å²) in [6, 6.07) is 13.1. The molecule has 0 aliphatic rings. The molecule has 0 radical (unpaired) electrons. The number of rotatable bonds is 3. The lowest BCUT2D eigenvalue weighted by atomic mass is 10.1. The molecule has 1 amide bonds. The van der Waals surface area contributed by atoms with Crippen LogP contribution in [0, 0.1) is 11.6 Å². The smallest absolute Gasteiger partial charge is 0.257 e. The van der Waals surface area contributed by atoms with Crippen molar-refractivity contribution >= 4 is 11.6 Å². The van der Waals surface area contributed by atoms with Crippen molar-refractivity contribution in [1.82, 2.24) is 4.98 Å². The van der Waals surface area contributed by atoms with Crippen molar-refractivity contribution in [1.29, 1.82) is 0 Å². The average molecular weight is 310 g/mol. The number of aromatic nitrogens is 1. The highest BCUT2D eigenvalue weighted by Crippen LogP contribution is 2.20. The lowest BCUT2D eigenvalue weighted by molar-refractivity contribution is 0.102. The number of benzene rings is 2. The number of hydrogen-bond acceptors (Lipinski definition) is 2. The van der Waals surface area contributed by atoms with E-state index >= 15 is 0 Å². The molecule has 1 aromatic heterocycles. The summed E-state index contributed by atoms with van der Waals surface area (Å²) in [7, 11) is 0. The van der Waals surface area contributed by atoms with Crippen LogP contribution in [0.15, 0.2) is 67.0 Å². The number of carbonyl (C=O) groups excluding carboxylic acids is 1. The standard InChI is InChI=1S/C18H12F2N2O/c19-15-3-1-12(2-4-15)13-9-14(11-21-10-13)18(23)22-17-7-5-16(20)6-8-17/h1-11H,(H,22,23). The van der Waals surface area contributed by atoms with E-state index in [2.05, 4.69) is 10.3 Å². The molecule has 0 aliphatic heterocycles. The zero-order chi connectivity index (χ0) is 16.2. The maximum Gasteiger partial charge on any atom is 0.257 e. The maximum atomic E-state index is 13.0. The van der Waals surface area contributed by atoms with Gasteiger partial charge in [0.15, 0.2) is 0 Å². The number of anilines is 1. The minimum Gasteiger partial charge on any atom is -0.322 e. The predicted octanol–water partition coefficient (Wildman–Crippen LogP) is 4.28. The van der Waals surface area contributed by atoms with Crippen LogP contribution < -0.4 is 5.32 Å². The highest BCUT2D eigenvalue weighted by Gasteiger charge is 2.09. The van der Waals surface area contributed by atoms with E-state index in [0.29, 0.717) is 16.8 Å². The minimum atomic E-state index is -0.372. The Morgan fingerprint density at radius 3 is 2.09 bits per heavy atom. The van der Waals surface area contributed by atoms with Gasteiger partial charge in [0.2, 0.25) is 0 Å². The lowest BCUT2D eigenvalue weighted by Gasteiger charge is -2.07. The monoisotopic (exact) mass is 310 g/mol. The molecule has 114 valence electrons. The van der Waals surface area contributed by atoms with E-state index in [0.717, 1.165) is 5.56 Å². The van der Waals surface area contributed by atoms with E-state index in [1.165, 1.54) is 42.6 Å². The van der Waals surface area contributed by atoms with Gasteiger partial charge in [-0.1, -0.05) is 12.1 Å². The van der Waals surface area contributed by atoms with E-state index in [-0.39, 0.29) is 17.5 Å². The van der Waals surface area contributed by atoms with Crippen LogP contribution >= 0.6 is 0 Å². The summed E-state index contributed by atoms with van der Waals surface area (Å²) in [6.07, 6.45) is 3.04. The van der Waals surface area contributed by atoms with Crippen molar-refractivity contribution in [2.75, 3.05) is 5.32 Å². The Bertz CT molecular complexity index is 830.